The van der Waals surface area contributed by atoms with Crippen molar-refractivity contribution in [2.75, 3.05) is 18.9 Å². The van der Waals surface area contributed by atoms with E-state index in [1.165, 1.54) is 0 Å². The van der Waals surface area contributed by atoms with E-state index in [4.69, 9.17) is 0 Å². The van der Waals surface area contributed by atoms with Gasteiger partial charge in [-0.05, 0) is 18.6 Å². The second kappa shape index (κ2) is 8.08. The number of halogens is 2. The fraction of sp³-hybridized carbons (Fsp3) is 0.375. The molecule has 3 rings (SSSR count). The van der Waals surface area contributed by atoms with E-state index in [1.807, 2.05) is 0 Å². The number of hydrogen-bond donors (Lipinski definition) is 4. The smallest absolute Gasteiger partial charge is 0.319 e. The van der Waals surface area contributed by atoms with Gasteiger partial charge in [-0.1, -0.05) is 5.21 Å². The Morgan fingerprint density at radius 3 is 2.96 bits per heavy atom. The standard InChI is InChI=1S/C16H19F2N7O2/c1-19-15(26)14-5-11(7-20-14)25-8-10(23-24-25)6-21-16(27)22-13-4-9(17)2-3-12(13)18/h2-4,8,11,14,20H,5-7H2,1H3,(H,19,26)(H2,21,22,27). The number of carbonyl (C=O) groups is 2. The van der Waals surface area contributed by atoms with Crippen LogP contribution in [0, 0.1) is 11.6 Å². The SMILES string of the molecule is CNC(=O)C1CC(n2cc(CNC(=O)Nc3cc(F)ccc3F)nn2)CN1. The zero-order chi connectivity index (χ0) is 19.4. The maximum atomic E-state index is 13.5. The molecule has 2 heterocycles. The van der Waals surface area contributed by atoms with E-state index in [0.29, 0.717) is 18.7 Å². The maximum absolute atomic E-state index is 13.5. The van der Waals surface area contributed by atoms with Gasteiger partial charge < -0.3 is 21.3 Å². The lowest BCUT2D eigenvalue weighted by atomic mass is 10.1. The van der Waals surface area contributed by atoms with Gasteiger partial charge in [-0.15, -0.1) is 5.10 Å². The van der Waals surface area contributed by atoms with E-state index in [1.54, 1.807) is 17.9 Å². The molecule has 1 aliphatic rings. The number of likely N-dealkylation sites (N-methyl/N-ethyl adjacent to an activating group) is 1. The minimum Gasteiger partial charge on any atom is -0.358 e. The Hall–Kier alpha value is -3.08. The van der Waals surface area contributed by atoms with Crippen molar-refractivity contribution >= 4 is 17.6 Å². The maximum Gasteiger partial charge on any atom is 0.319 e. The van der Waals surface area contributed by atoms with E-state index >= 15 is 0 Å². The van der Waals surface area contributed by atoms with Gasteiger partial charge in [-0.3, -0.25) is 4.79 Å². The molecule has 27 heavy (non-hydrogen) atoms. The quantitative estimate of drug-likeness (QED) is 0.605. The molecule has 1 aromatic carbocycles. The molecule has 2 aromatic rings. The van der Waals surface area contributed by atoms with Crippen molar-refractivity contribution in [1.82, 2.24) is 30.9 Å². The normalized spacial score (nSPS) is 18.9. The van der Waals surface area contributed by atoms with E-state index in [9.17, 15) is 18.4 Å². The monoisotopic (exact) mass is 379 g/mol. The largest absolute Gasteiger partial charge is 0.358 e. The highest BCUT2D eigenvalue weighted by atomic mass is 19.1. The highest BCUT2D eigenvalue weighted by Crippen LogP contribution is 2.19. The van der Waals surface area contributed by atoms with Crippen molar-refractivity contribution in [3.63, 3.8) is 0 Å². The molecule has 1 aromatic heterocycles. The number of nitrogens with zero attached hydrogens (tertiary/aromatic N) is 3. The molecule has 4 N–H and O–H groups in total. The molecule has 0 bridgehead atoms. The van der Waals surface area contributed by atoms with Crippen molar-refractivity contribution in [3.8, 4) is 0 Å². The third-order valence-corrected chi connectivity index (χ3v) is 4.21. The molecule has 0 radical (unpaired) electrons. The summed E-state index contributed by atoms with van der Waals surface area (Å²) in [4.78, 5) is 23.5. The molecule has 3 amide bonds. The fourth-order valence-electron chi connectivity index (χ4n) is 2.80. The average Bonchev–Trinajstić information content (AvgIpc) is 3.31. The van der Waals surface area contributed by atoms with Gasteiger partial charge >= 0.3 is 6.03 Å². The minimum absolute atomic E-state index is 0.0243. The summed E-state index contributed by atoms with van der Waals surface area (Å²) in [5.41, 5.74) is 0.238. The molecule has 11 heteroatoms. The number of aromatic nitrogens is 3. The van der Waals surface area contributed by atoms with Crippen LogP contribution >= 0.6 is 0 Å². The van der Waals surface area contributed by atoms with Gasteiger partial charge in [-0.2, -0.15) is 0 Å². The van der Waals surface area contributed by atoms with Crippen LogP contribution in [0.3, 0.4) is 0 Å². The van der Waals surface area contributed by atoms with Gasteiger partial charge in [0, 0.05) is 19.7 Å². The Morgan fingerprint density at radius 1 is 1.37 bits per heavy atom. The number of hydrogen-bond acceptors (Lipinski definition) is 5. The Kier molecular flexibility index (Phi) is 5.60. The fourth-order valence-corrected chi connectivity index (χ4v) is 2.80. The van der Waals surface area contributed by atoms with Crippen molar-refractivity contribution in [2.45, 2.75) is 25.0 Å². The molecule has 1 saturated heterocycles. The Morgan fingerprint density at radius 2 is 2.19 bits per heavy atom. The van der Waals surface area contributed by atoms with Crippen LogP contribution in [-0.2, 0) is 11.3 Å². The van der Waals surface area contributed by atoms with E-state index in [2.05, 4.69) is 31.6 Å². The van der Waals surface area contributed by atoms with E-state index < -0.39 is 17.7 Å². The molecule has 0 aliphatic carbocycles. The van der Waals surface area contributed by atoms with Crippen LogP contribution < -0.4 is 21.3 Å². The number of rotatable bonds is 5. The van der Waals surface area contributed by atoms with Crippen molar-refractivity contribution in [2.24, 2.45) is 0 Å². The Balaban J connectivity index is 1.52. The summed E-state index contributed by atoms with van der Waals surface area (Å²) < 4.78 is 28.3. The predicted octanol–water partition coefficient (Wildman–Crippen LogP) is 0.527. The second-order valence-electron chi connectivity index (χ2n) is 6.09. The van der Waals surface area contributed by atoms with Gasteiger partial charge in [-0.25, -0.2) is 18.3 Å². The second-order valence-corrected chi connectivity index (χ2v) is 6.09. The molecule has 144 valence electrons. The average molecular weight is 379 g/mol. The van der Waals surface area contributed by atoms with Gasteiger partial charge in [0.2, 0.25) is 5.91 Å². The van der Waals surface area contributed by atoms with Gasteiger partial charge in [0.1, 0.15) is 17.3 Å². The number of nitrogens with one attached hydrogen (secondary N) is 4. The summed E-state index contributed by atoms with van der Waals surface area (Å²) >= 11 is 0. The molecule has 0 saturated carbocycles. The third kappa shape index (κ3) is 4.56. The zero-order valence-electron chi connectivity index (χ0n) is 14.5. The molecule has 2 unspecified atom stereocenters. The first-order valence-electron chi connectivity index (χ1n) is 8.32. The van der Waals surface area contributed by atoms with E-state index in [0.717, 1.165) is 18.2 Å². The lowest BCUT2D eigenvalue weighted by Crippen LogP contribution is -2.38. The summed E-state index contributed by atoms with van der Waals surface area (Å²) in [5, 5.41) is 18.4. The van der Waals surface area contributed by atoms with E-state index in [-0.39, 0.29) is 30.2 Å². The highest BCUT2D eigenvalue weighted by molar-refractivity contribution is 5.89. The van der Waals surface area contributed by atoms with Crippen LogP contribution in [0.2, 0.25) is 0 Å². The van der Waals surface area contributed by atoms with Crippen LogP contribution in [-0.4, -0.2) is 46.6 Å². The molecule has 0 spiro atoms. The topological polar surface area (TPSA) is 113 Å². The zero-order valence-corrected chi connectivity index (χ0v) is 14.5. The van der Waals surface area contributed by atoms with Crippen molar-refractivity contribution in [1.29, 1.82) is 0 Å². The third-order valence-electron chi connectivity index (χ3n) is 4.21. The summed E-state index contributed by atoms with van der Waals surface area (Å²) in [7, 11) is 1.58. The van der Waals surface area contributed by atoms with Crippen LogP contribution in [0.1, 0.15) is 18.2 Å². The van der Waals surface area contributed by atoms with Crippen molar-refractivity contribution in [3.05, 3.63) is 41.7 Å². The number of amides is 3. The molecular formula is C16H19F2N7O2. The molecule has 9 nitrogen and oxygen atoms in total. The van der Waals surface area contributed by atoms with Crippen LogP contribution in [0.25, 0.3) is 0 Å². The Bertz CT molecular complexity index is 842. The van der Waals surface area contributed by atoms with Crippen LogP contribution in [0.4, 0.5) is 19.3 Å². The summed E-state index contributed by atoms with van der Waals surface area (Å²) in [6.45, 7) is 0.634. The molecule has 1 fully saturated rings. The number of benzene rings is 1. The van der Waals surface area contributed by atoms with Crippen molar-refractivity contribution < 1.29 is 18.4 Å². The van der Waals surface area contributed by atoms with Gasteiger partial charge in [0.15, 0.2) is 0 Å². The lowest BCUT2D eigenvalue weighted by molar-refractivity contribution is -0.122. The first kappa shape index (κ1) is 18.7. The first-order chi connectivity index (χ1) is 13.0. The minimum atomic E-state index is -0.739. The predicted molar refractivity (Wildman–Crippen MR) is 91.7 cm³/mol. The molecule has 2 atom stereocenters. The number of urea groups is 1. The number of carbonyl (C=O) groups excluding carboxylic acids is 2. The number of anilines is 1. The molecular weight excluding hydrogens is 360 g/mol. The lowest BCUT2D eigenvalue weighted by Gasteiger charge is -2.09. The summed E-state index contributed by atoms with van der Waals surface area (Å²) in [5.74, 6) is -1.48. The summed E-state index contributed by atoms with van der Waals surface area (Å²) in [6, 6.07) is 1.78. The molecule has 1 aliphatic heterocycles. The Labute approximate surface area is 153 Å². The van der Waals surface area contributed by atoms with Crippen LogP contribution in [0.15, 0.2) is 24.4 Å². The van der Waals surface area contributed by atoms with Crippen LogP contribution in [0.5, 0.6) is 0 Å². The first-order valence-corrected chi connectivity index (χ1v) is 8.32. The van der Waals surface area contributed by atoms with Gasteiger partial charge in [0.05, 0.1) is 30.5 Å². The van der Waals surface area contributed by atoms with Gasteiger partial charge in [0.25, 0.3) is 0 Å². The summed E-state index contributed by atoms with van der Waals surface area (Å²) in [6.07, 6.45) is 2.25. The highest BCUT2D eigenvalue weighted by Gasteiger charge is 2.30.